The van der Waals surface area contributed by atoms with Gasteiger partial charge in [0.2, 0.25) is 0 Å². The highest BCUT2D eigenvalue weighted by Crippen LogP contribution is 1.97. The summed E-state index contributed by atoms with van der Waals surface area (Å²) in [4.78, 5) is 0. The normalized spacial score (nSPS) is 12.4. The van der Waals surface area contributed by atoms with Gasteiger partial charge in [0.15, 0.2) is 0 Å². The van der Waals surface area contributed by atoms with Crippen molar-refractivity contribution in [3.63, 3.8) is 0 Å². The smallest absolute Gasteiger partial charge is 0.0522 e. The summed E-state index contributed by atoms with van der Waals surface area (Å²) in [5.41, 5.74) is 1.26. The van der Waals surface area contributed by atoms with Crippen molar-refractivity contribution in [2.45, 2.75) is 25.8 Å². The molecule has 1 heterocycles. The first kappa shape index (κ1) is 10.8. The highest BCUT2D eigenvalue weighted by molar-refractivity contribution is 5.04. The molecule has 0 aliphatic rings. The quantitative estimate of drug-likeness (QED) is 0.703. The molecule has 0 radical (unpaired) electrons. The second-order valence-corrected chi connectivity index (χ2v) is 3.54. The van der Waals surface area contributed by atoms with Crippen molar-refractivity contribution < 1.29 is 0 Å². The third-order valence-electron chi connectivity index (χ3n) is 2.09. The molecular formula is C11H17N3. The first-order valence-electron chi connectivity index (χ1n) is 4.86. The number of aromatic nitrogens is 2. The van der Waals surface area contributed by atoms with Crippen LogP contribution in [0.3, 0.4) is 0 Å². The summed E-state index contributed by atoms with van der Waals surface area (Å²) in [6.45, 7) is 3.05. The van der Waals surface area contributed by atoms with E-state index in [0.717, 1.165) is 19.4 Å². The molecule has 3 heteroatoms. The van der Waals surface area contributed by atoms with Crippen molar-refractivity contribution in [2.75, 3.05) is 6.54 Å². The lowest BCUT2D eigenvalue weighted by molar-refractivity contribution is 0.562. The molecule has 3 nitrogen and oxygen atoms in total. The van der Waals surface area contributed by atoms with Crippen molar-refractivity contribution >= 4 is 0 Å². The van der Waals surface area contributed by atoms with Crippen LogP contribution in [0.25, 0.3) is 0 Å². The Kier molecular flexibility index (Phi) is 4.21. The van der Waals surface area contributed by atoms with E-state index in [0.29, 0.717) is 6.04 Å². The fourth-order valence-electron chi connectivity index (χ4n) is 1.31. The van der Waals surface area contributed by atoms with Crippen LogP contribution in [0.2, 0.25) is 0 Å². The maximum Gasteiger partial charge on any atom is 0.0522 e. The first-order chi connectivity index (χ1) is 6.72. The van der Waals surface area contributed by atoms with Gasteiger partial charge in [-0.25, -0.2) is 0 Å². The molecule has 0 saturated heterocycles. The third kappa shape index (κ3) is 3.63. The number of aryl methyl sites for hydroxylation is 1. The highest BCUT2D eigenvalue weighted by Gasteiger charge is 1.99. The summed E-state index contributed by atoms with van der Waals surface area (Å²) in [7, 11) is 1.93. The SMILES string of the molecule is C#CCC(C)NCCc1cnn(C)c1. The molecule has 1 N–H and O–H groups in total. The summed E-state index contributed by atoms with van der Waals surface area (Å²) < 4.78 is 1.82. The summed E-state index contributed by atoms with van der Waals surface area (Å²) in [5, 5.41) is 7.47. The highest BCUT2D eigenvalue weighted by atomic mass is 15.2. The van der Waals surface area contributed by atoms with Crippen LogP contribution in [-0.2, 0) is 13.5 Å². The number of hydrogen-bond donors (Lipinski definition) is 1. The average Bonchev–Trinajstić information content (AvgIpc) is 2.52. The van der Waals surface area contributed by atoms with Gasteiger partial charge in [-0.3, -0.25) is 4.68 Å². The fourth-order valence-corrected chi connectivity index (χ4v) is 1.31. The number of nitrogens with one attached hydrogen (secondary N) is 1. The Bertz CT molecular complexity index is 309. The Morgan fingerprint density at radius 1 is 1.71 bits per heavy atom. The largest absolute Gasteiger partial charge is 0.313 e. The topological polar surface area (TPSA) is 29.9 Å². The van der Waals surface area contributed by atoms with Crippen LogP contribution in [0.4, 0.5) is 0 Å². The van der Waals surface area contributed by atoms with Gasteiger partial charge < -0.3 is 5.32 Å². The lowest BCUT2D eigenvalue weighted by Gasteiger charge is -2.09. The molecule has 0 fully saturated rings. The van der Waals surface area contributed by atoms with E-state index < -0.39 is 0 Å². The molecule has 14 heavy (non-hydrogen) atoms. The molecule has 0 aromatic carbocycles. The van der Waals surface area contributed by atoms with Crippen LogP contribution in [0.5, 0.6) is 0 Å². The molecular weight excluding hydrogens is 174 g/mol. The van der Waals surface area contributed by atoms with Gasteiger partial charge in [0.05, 0.1) is 6.20 Å². The Balaban J connectivity index is 2.19. The monoisotopic (exact) mass is 191 g/mol. The standard InChI is InChI=1S/C11H17N3/c1-4-5-10(2)12-7-6-11-8-13-14(3)9-11/h1,8-10,12H,5-7H2,2-3H3. The third-order valence-corrected chi connectivity index (χ3v) is 2.09. The molecule has 0 saturated carbocycles. The van der Waals surface area contributed by atoms with Gasteiger partial charge in [-0.2, -0.15) is 5.10 Å². The summed E-state index contributed by atoms with van der Waals surface area (Å²) >= 11 is 0. The van der Waals surface area contributed by atoms with Crippen LogP contribution in [-0.4, -0.2) is 22.4 Å². The fraction of sp³-hybridized carbons (Fsp3) is 0.545. The van der Waals surface area contributed by atoms with Crippen molar-refractivity contribution in [2.24, 2.45) is 7.05 Å². The summed E-state index contributed by atoms with van der Waals surface area (Å²) in [5.74, 6) is 2.64. The Morgan fingerprint density at radius 3 is 3.07 bits per heavy atom. The predicted octanol–water partition coefficient (Wildman–Crippen LogP) is 0.964. The average molecular weight is 191 g/mol. The first-order valence-corrected chi connectivity index (χ1v) is 4.86. The molecule has 1 aromatic rings. The molecule has 1 rings (SSSR count). The number of hydrogen-bond acceptors (Lipinski definition) is 2. The second kappa shape index (κ2) is 5.46. The molecule has 1 unspecified atom stereocenters. The molecule has 0 aliphatic carbocycles. The van der Waals surface area contributed by atoms with Crippen LogP contribution in [0.1, 0.15) is 18.9 Å². The van der Waals surface area contributed by atoms with Gasteiger partial charge in [0.1, 0.15) is 0 Å². The summed E-state index contributed by atoms with van der Waals surface area (Å²) in [6.07, 6.45) is 10.9. The maximum atomic E-state index is 5.21. The Labute approximate surface area is 85.5 Å². The zero-order valence-corrected chi connectivity index (χ0v) is 8.83. The second-order valence-electron chi connectivity index (χ2n) is 3.54. The van der Waals surface area contributed by atoms with E-state index in [9.17, 15) is 0 Å². The Morgan fingerprint density at radius 2 is 2.50 bits per heavy atom. The van der Waals surface area contributed by atoms with Crippen molar-refractivity contribution in [1.29, 1.82) is 0 Å². The zero-order chi connectivity index (χ0) is 10.4. The van der Waals surface area contributed by atoms with E-state index in [2.05, 4.69) is 23.3 Å². The van der Waals surface area contributed by atoms with Gasteiger partial charge in [-0.05, 0) is 25.5 Å². The van der Waals surface area contributed by atoms with Crippen LogP contribution in [0.15, 0.2) is 12.4 Å². The maximum absolute atomic E-state index is 5.21. The Hall–Kier alpha value is -1.27. The lowest BCUT2D eigenvalue weighted by atomic mass is 10.2. The predicted molar refractivity (Wildman–Crippen MR) is 57.8 cm³/mol. The van der Waals surface area contributed by atoms with E-state index >= 15 is 0 Å². The number of terminal acetylenes is 1. The molecule has 1 aromatic heterocycles. The van der Waals surface area contributed by atoms with Gasteiger partial charge >= 0.3 is 0 Å². The van der Waals surface area contributed by atoms with E-state index in [-0.39, 0.29) is 0 Å². The van der Waals surface area contributed by atoms with E-state index in [1.54, 1.807) is 0 Å². The van der Waals surface area contributed by atoms with E-state index in [1.807, 2.05) is 24.1 Å². The van der Waals surface area contributed by atoms with Crippen molar-refractivity contribution in [3.05, 3.63) is 18.0 Å². The van der Waals surface area contributed by atoms with Crippen molar-refractivity contribution in [3.8, 4) is 12.3 Å². The zero-order valence-electron chi connectivity index (χ0n) is 8.83. The molecule has 0 bridgehead atoms. The summed E-state index contributed by atoms with van der Waals surface area (Å²) in [6, 6.07) is 0.400. The van der Waals surface area contributed by atoms with Gasteiger partial charge in [-0.15, -0.1) is 12.3 Å². The van der Waals surface area contributed by atoms with E-state index in [1.165, 1.54) is 5.56 Å². The number of rotatable bonds is 5. The lowest BCUT2D eigenvalue weighted by Crippen LogP contribution is -2.27. The van der Waals surface area contributed by atoms with Gasteiger partial charge in [-0.1, -0.05) is 0 Å². The molecule has 0 spiro atoms. The molecule has 0 aliphatic heterocycles. The molecule has 0 amide bonds. The van der Waals surface area contributed by atoms with Gasteiger partial charge in [0, 0.05) is 25.7 Å². The molecule has 76 valence electrons. The van der Waals surface area contributed by atoms with Gasteiger partial charge in [0.25, 0.3) is 0 Å². The minimum absolute atomic E-state index is 0.400. The van der Waals surface area contributed by atoms with Crippen LogP contribution < -0.4 is 5.32 Å². The minimum atomic E-state index is 0.400. The van der Waals surface area contributed by atoms with E-state index in [4.69, 9.17) is 6.42 Å². The van der Waals surface area contributed by atoms with Crippen molar-refractivity contribution in [1.82, 2.24) is 15.1 Å². The minimum Gasteiger partial charge on any atom is -0.313 e. The van der Waals surface area contributed by atoms with Crippen LogP contribution >= 0.6 is 0 Å². The number of nitrogens with zero attached hydrogens (tertiary/aromatic N) is 2. The van der Waals surface area contributed by atoms with Crippen LogP contribution in [0, 0.1) is 12.3 Å². The molecule has 1 atom stereocenters.